The second-order valence-corrected chi connectivity index (χ2v) is 6.59. The highest BCUT2D eigenvalue weighted by Crippen LogP contribution is 2.35. The van der Waals surface area contributed by atoms with Crippen LogP contribution in [0.25, 0.3) is 0 Å². The summed E-state index contributed by atoms with van der Waals surface area (Å²) in [5.41, 5.74) is 3.21. The highest BCUT2D eigenvalue weighted by molar-refractivity contribution is 5.70. The van der Waals surface area contributed by atoms with Crippen LogP contribution >= 0.6 is 0 Å². The molecule has 0 aliphatic carbocycles. The third kappa shape index (κ3) is 3.24. The van der Waals surface area contributed by atoms with Crippen molar-refractivity contribution in [1.82, 2.24) is 10.2 Å². The Hall–Kier alpha value is -2.40. The molecule has 2 heterocycles. The van der Waals surface area contributed by atoms with Gasteiger partial charge in [-0.05, 0) is 48.2 Å². The zero-order valence-corrected chi connectivity index (χ0v) is 14.0. The van der Waals surface area contributed by atoms with E-state index in [2.05, 4.69) is 11.4 Å². The van der Waals surface area contributed by atoms with Gasteiger partial charge in [0.1, 0.15) is 11.9 Å². The van der Waals surface area contributed by atoms with Crippen LogP contribution in [0, 0.1) is 5.82 Å². The number of benzene rings is 2. The van der Waals surface area contributed by atoms with E-state index >= 15 is 0 Å². The molecule has 0 spiro atoms. The summed E-state index contributed by atoms with van der Waals surface area (Å²) in [5.74, 6) is -0.279. The van der Waals surface area contributed by atoms with Crippen molar-refractivity contribution in [2.45, 2.75) is 25.0 Å². The van der Waals surface area contributed by atoms with E-state index in [9.17, 15) is 9.18 Å². The second-order valence-electron chi connectivity index (χ2n) is 6.59. The van der Waals surface area contributed by atoms with E-state index in [0.717, 1.165) is 30.5 Å². The number of nitrogens with zero attached hydrogens (tertiary/aromatic N) is 1. The van der Waals surface area contributed by atoms with Gasteiger partial charge in [-0.15, -0.1) is 0 Å². The first kappa shape index (κ1) is 16.1. The molecule has 1 unspecified atom stereocenters. The highest BCUT2D eigenvalue weighted by Gasteiger charge is 2.34. The molecule has 4 rings (SSSR count). The molecule has 0 radical (unpaired) electrons. The van der Waals surface area contributed by atoms with Crippen molar-refractivity contribution in [2.75, 3.05) is 19.6 Å². The lowest BCUT2D eigenvalue weighted by atomic mass is 9.88. The topological polar surface area (TPSA) is 41.6 Å². The smallest absolute Gasteiger partial charge is 0.410 e. The van der Waals surface area contributed by atoms with Gasteiger partial charge in [-0.2, -0.15) is 0 Å². The summed E-state index contributed by atoms with van der Waals surface area (Å²) in [4.78, 5) is 14.6. The van der Waals surface area contributed by atoms with Gasteiger partial charge in [0.25, 0.3) is 0 Å². The number of rotatable bonds is 2. The first-order valence-corrected chi connectivity index (χ1v) is 8.73. The average molecular weight is 340 g/mol. The molecule has 2 aliphatic rings. The van der Waals surface area contributed by atoms with Crippen molar-refractivity contribution in [2.24, 2.45) is 0 Å². The van der Waals surface area contributed by atoms with E-state index in [1.54, 1.807) is 17.0 Å². The summed E-state index contributed by atoms with van der Waals surface area (Å²) in [7, 11) is 0. The maximum Gasteiger partial charge on any atom is 0.410 e. The third-order valence-corrected chi connectivity index (χ3v) is 4.99. The molecular formula is C20H21FN2O2. The summed E-state index contributed by atoms with van der Waals surface area (Å²) in [6.07, 6.45) is 1.28. The number of carbonyl (C=O) groups is 1. The molecule has 0 aromatic heterocycles. The van der Waals surface area contributed by atoms with E-state index in [1.807, 2.05) is 18.2 Å². The van der Waals surface area contributed by atoms with Crippen molar-refractivity contribution in [3.05, 3.63) is 71.0 Å². The van der Waals surface area contributed by atoms with Gasteiger partial charge >= 0.3 is 6.09 Å². The number of hydrogen-bond donors (Lipinski definition) is 1. The largest absolute Gasteiger partial charge is 0.445 e. The van der Waals surface area contributed by atoms with E-state index in [-0.39, 0.29) is 24.1 Å². The molecule has 2 aromatic carbocycles. The molecular weight excluding hydrogens is 319 g/mol. The molecule has 4 nitrogen and oxygen atoms in total. The predicted octanol–water partition coefficient (Wildman–Crippen LogP) is 3.27. The molecule has 2 aromatic rings. The minimum Gasteiger partial charge on any atom is -0.445 e. The maximum absolute atomic E-state index is 13.4. The van der Waals surface area contributed by atoms with Crippen LogP contribution in [0.4, 0.5) is 9.18 Å². The monoisotopic (exact) mass is 340 g/mol. The SMILES string of the molecule is O=C(O[C@@H]1CCNC1)N1CCc2ccccc2C1c1ccc(F)cc1. The van der Waals surface area contributed by atoms with Gasteiger partial charge in [0, 0.05) is 13.1 Å². The van der Waals surface area contributed by atoms with Gasteiger partial charge in [-0.1, -0.05) is 36.4 Å². The van der Waals surface area contributed by atoms with Crippen LogP contribution < -0.4 is 5.32 Å². The molecule has 1 amide bonds. The Morgan fingerprint density at radius 2 is 1.96 bits per heavy atom. The number of carbonyl (C=O) groups excluding carboxylic acids is 1. The Morgan fingerprint density at radius 1 is 1.16 bits per heavy atom. The first-order valence-electron chi connectivity index (χ1n) is 8.73. The zero-order chi connectivity index (χ0) is 17.2. The molecule has 1 fully saturated rings. The number of amides is 1. The quantitative estimate of drug-likeness (QED) is 0.912. The van der Waals surface area contributed by atoms with Gasteiger partial charge in [0.15, 0.2) is 0 Å². The molecule has 2 atom stereocenters. The lowest BCUT2D eigenvalue weighted by molar-refractivity contribution is 0.0601. The zero-order valence-electron chi connectivity index (χ0n) is 14.0. The summed E-state index contributed by atoms with van der Waals surface area (Å²) in [6.45, 7) is 2.18. The van der Waals surface area contributed by atoms with Crippen LogP contribution in [0.3, 0.4) is 0 Å². The van der Waals surface area contributed by atoms with Crippen molar-refractivity contribution in [1.29, 1.82) is 0 Å². The van der Waals surface area contributed by atoms with Crippen molar-refractivity contribution >= 4 is 6.09 Å². The summed E-state index contributed by atoms with van der Waals surface area (Å²) >= 11 is 0. The van der Waals surface area contributed by atoms with Crippen LogP contribution in [-0.4, -0.2) is 36.7 Å². The Kier molecular flexibility index (Phi) is 4.40. The minimum absolute atomic E-state index is 0.0708. The summed E-state index contributed by atoms with van der Waals surface area (Å²) in [6, 6.07) is 14.3. The first-order chi connectivity index (χ1) is 12.2. The van der Waals surface area contributed by atoms with Gasteiger partial charge in [0.05, 0.1) is 6.04 Å². The molecule has 25 heavy (non-hydrogen) atoms. The Bertz CT molecular complexity index is 757. The maximum atomic E-state index is 13.4. The fourth-order valence-corrected chi connectivity index (χ4v) is 3.71. The van der Waals surface area contributed by atoms with Gasteiger partial charge < -0.3 is 10.1 Å². The number of halogens is 1. The van der Waals surface area contributed by atoms with Crippen LogP contribution in [0.1, 0.15) is 29.2 Å². The van der Waals surface area contributed by atoms with E-state index in [1.165, 1.54) is 17.7 Å². The number of nitrogens with one attached hydrogen (secondary N) is 1. The average Bonchev–Trinajstić information content (AvgIpc) is 3.14. The molecule has 1 N–H and O–H groups in total. The van der Waals surface area contributed by atoms with Crippen molar-refractivity contribution < 1.29 is 13.9 Å². The van der Waals surface area contributed by atoms with E-state index < -0.39 is 0 Å². The number of hydrogen-bond acceptors (Lipinski definition) is 3. The lowest BCUT2D eigenvalue weighted by Gasteiger charge is -2.37. The fraction of sp³-hybridized carbons (Fsp3) is 0.350. The third-order valence-electron chi connectivity index (χ3n) is 4.99. The standard InChI is InChI=1S/C20H21FN2O2/c21-16-7-5-15(6-8-16)19-18-4-2-1-3-14(18)10-12-23(19)20(24)25-17-9-11-22-13-17/h1-8,17,19,22H,9-13H2/t17-,19?/m1/s1. The molecule has 0 bridgehead atoms. The molecule has 130 valence electrons. The normalized spacial score (nSPS) is 22.5. The van der Waals surface area contributed by atoms with E-state index in [0.29, 0.717) is 13.1 Å². The highest BCUT2D eigenvalue weighted by atomic mass is 19.1. The van der Waals surface area contributed by atoms with Crippen molar-refractivity contribution in [3.63, 3.8) is 0 Å². The minimum atomic E-state index is -0.294. The number of ether oxygens (including phenoxy) is 1. The van der Waals surface area contributed by atoms with Crippen LogP contribution in [0.15, 0.2) is 48.5 Å². The van der Waals surface area contributed by atoms with E-state index in [4.69, 9.17) is 4.74 Å². The second kappa shape index (κ2) is 6.84. The van der Waals surface area contributed by atoms with Crippen molar-refractivity contribution in [3.8, 4) is 0 Å². The summed E-state index contributed by atoms with van der Waals surface area (Å²) < 4.78 is 19.1. The predicted molar refractivity (Wildman–Crippen MR) is 92.9 cm³/mol. The van der Waals surface area contributed by atoms with Crippen LogP contribution in [-0.2, 0) is 11.2 Å². The Labute approximate surface area is 146 Å². The van der Waals surface area contributed by atoms with Gasteiger partial charge in [0.2, 0.25) is 0 Å². The van der Waals surface area contributed by atoms with Crippen LogP contribution in [0.2, 0.25) is 0 Å². The molecule has 1 saturated heterocycles. The molecule has 5 heteroatoms. The lowest BCUT2D eigenvalue weighted by Crippen LogP contribution is -2.42. The van der Waals surface area contributed by atoms with Crippen LogP contribution in [0.5, 0.6) is 0 Å². The van der Waals surface area contributed by atoms with Gasteiger partial charge in [-0.3, -0.25) is 4.90 Å². The Morgan fingerprint density at radius 3 is 2.72 bits per heavy atom. The molecule has 2 aliphatic heterocycles. The summed E-state index contributed by atoms with van der Waals surface area (Å²) in [5, 5.41) is 3.21. The fourth-order valence-electron chi connectivity index (χ4n) is 3.71. The van der Waals surface area contributed by atoms with Gasteiger partial charge in [-0.25, -0.2) is 9.18 Å². The Balaban J connectivity index is 1.67. The molecule has 0 saturated carbocycles. The number of fused-ring (bicyclic) bond motifs is 1.